The van der Waals surface area contributed by atoms with Gasteiger partial charge in [-0.2, -0.15) is 0 Å². The van der Waals surface area contributed by atoms with Gasteiger partial charge in [-0.3, -0.25) is 9.10 Å². The van der Waals surface area contributed by atoms with Gasteiger partial charge < -0.3 is 10.1 Å². The number of ether oxygens (including phenoxy) is 1. The largest absolute Gasteiger partial charge is 0.497 e. The second-order valence-corrected chi connectivity index (χ2v) is 8.70. The van der Waals surface area contributed by atoms with Gasteiger partial charge in [-0.05, 0) is 60.8 Å². The second-order valence-electron chi connectivity index (χ2n) is 5.76. The molecule has 0 bridgehead atoms. The molecule has 0 atom stereocenters. The van der Waals surface area contributed by atoms with E-state index in [1.54, 1.807) is 44.3 Å². The molecule has 0 aliphatic heterocycles. The fourth-order valence-electron chi connectivity index (χ4n) is 2.79. The zero-order valence-corrected chi connectivity index (χ0v) is 16.9. The van der Waals surface area contributed by atoms with Gasteiger partial charge in [0.05, 0.1) is 22.6 Å². The van der Waals surface area contributed by atoms with E-state index in [-0.39, 0.29) is 17.3 Å². The van der Waals surface area contributed by atoms with Crippen LogP contribution in [0.4, 0.5) is 5.69 Å². The molecule has 0 saturated carbocycles. The van der Waals surface area contributed by atoms with E-state index >= 15 is 0 Å². The average Bonchev–Trinajstić information content (AvgIpc) is 3.11. The molecule has 3 aromatic rings. The lowest BCUT2D eigenvalue weighted by atomic mass is 10.2. The maximum atomic E-state index is 13.1. The fourth-order valence-corrected chi connectivity index (χ4v) is 5.24. The van der Waals surface area contributed by atoms with Crippen LogP contribution in [0, 0.1) is 0 Å². The predicted molar refractivity (Wildman–Crippen MR) is 108 cm³/mol. The average molecular weight is 405 g/mol. The molecule has 0 unspecified atom stereocenters. The molecular formula is C19H20N2O4S2. The van der Waals surface area contributed by atoms with Crippen LogP contribution < -0.4 is 14.4 Å². The summed E-state index contributed by atoms with van der Waals surface area (Å²) in [6, 6.07) is 13.5. The first-order valence-corrected chi connectivity index (χ1v) is 10.6. The number of carbonyl (C=O) groups excluding carboxylic acids is 1. The molecule has 0 aliphatic carbocycles. The molecule has 3 rings (SSSR count). The Hall–Kier alpha value is -2.58. The molecular weight excluding hydrogens is 384 g/mol. The van der Waals surface area contributed by atoms with E-state index in [0.29, 0.717) is 16.3 Å². The number of benzene rings is 2. The van der Waals surface area contributed by atoms with Crippen molar-refractivity contribution in [1.29, 1.82) is 0 Å². The van der Waals surface area contributed by atoms with Crippen molar-refractivity contribution in [1.82, 2.24) is 5.32 Å². The van der Waals surface area contributed by atoms with Gasteiger partial charge in [0.15, 0.2) is 0 Å². The summed E-state index contributed by atoms with van der Waals surface area (Å²) in [6.07, 6.45) is 0. The number of nitrogens with zero attached hydrogens (tertiary/aromatic N) is 1. The van der Waals surface area contributed by atoms with Crippen LogP contribution in [0.25, 0.3) is 10.1 Å². The maximum absolute atomic E-state index is 13.1. The van der Waals surface area contributed by atoms with Crippen molar-refractivity contribution in [2.24, 2.45) is 0 Å². The lowest BCUT2D eigenvalue weighted by Crippen LogP contribution is -2.30. The Balaban J connectivity index is 2.01. The van der Waals surface area contributed by atoms with Gasteiger partial charge in [-0.25, -0.2) is 8.42 Å². The Morgan fingerprint density at radius 3 is 2.44 bits per heavy atom. The zero-order valence-electron chi connectivity index (χ0n) is 15.2. The Kier molecular flexibility index (Phi) is 5.38. The molecule has 0 spiro atoms. The fraction of sp³-hybridized carbons (Fsp3) is 0.211. The molecule has 6 nitrogen and oxygen atoms in total. The highest BCUT2D eigenvalue weighted by molar-refractivity contribution is 7.92. The van der Waals surface area contributed by atoms with E-state index < -0.39 is 10.0 Å². The van der Waals surface area contributed by atoms with Gasteiger partial charge in [0, 0.05) is 18.3 Å². The third kappa shape index (κ3) is 3.63. The lowest BCUT2D eigenvalue weighted by Gasteiger charge is -2.23. The molecule has 1 heterocycles. The zero-order chi connectivity index (χ0) is 19.6. The molecule has 8 heteroatoms. The summed E-state index contributed by atoms with van der Waals surface area (Å²) in [5.74, 6) is 0.439. The van der Waals surface area contributed by atoms with Crippen molar-refractivity contribution in [2.45, 2.75) is 11.8 Å². The normalized spacial score (nSPS) is 11.4. The van der Waals surface area contributed by atoms with Crippen molar-refractivity contribution in [3.63, 3.8) is 0 Å². The van der Waals surface area contributed by atoms with E-state index in [1.165, 1.54) is 34.9 Å². The molecule has 0 radical (unpaired) electrons. The number of methoxy groups -OCH3 is 1. The summed E-state index contributed by atoms with van der Waals surface area (Å²) in [5.41, 5.74) is 0.557. The number of nitrogens with one attached hydrogen (secondary N) is 1. The molecule has 1 aromatic heterocycles. The number of rotatable bonds is 6. The number of hydrogen-bond acceptors (Lipinski definition) is 5. The summed E-state index contributed by atoms with van der Waals surface area (Å²) < 4.78 is 33.5. The molecule has 0 aliphatic rings. The minimum atomic E-state index is -3.71. The maximum Gasteiger partial charge on any atom is 0.264 e. The Bertz CT molecular complexity index is 1070. The molecule has 1 N–H and O–H groups in total. The van der Waals surface area contributed by atoms with Crippen LogP contribution in [-0.4, -0.2) is 35.0 Å². The summed E-state index contributed by atoms with van der Waals surface area (Å²) in [7, 11) is -0.596. The monoisotopic (exact) mass is 404 g/mol. The van der Waals surface area contributed by atoms with Crippen LogP contribution in [0.1, 0.15) is 16.6 Å². The first-order chi connectivity index (χ1) is 12.9. The highest BCUT2D eigenvalue weighted by Gasteiger charge is 2.24. The van der Waals surface area contributed by atoms with Crippen molar-refractivity contribution in [3.05, 3.63) is 53.4 Å². The number of thiophene rings is 1. The van der Waals surface area contributed by atoms with Crippen molar-refractivity contribution in [3.8, 4) is 5.75 Å². The number of hydrogen-bond donors (Lipinski definition) is 1. The van der Waals surface area contributed by atoms with Crippen LogP contribution in [0.5, 0.6) is 5.75 Å². The Labute approximate surface area is 162 Å². The number of fused-ring (bicyclic) bond motifs is 1. The summed E-state index contributed by atoms with van der Waals surface area (Å²) in [5, 5.41) is 3.43. The van der Waals surface area contributed by atoms with Crippen molar-refractivity contribution >= 4 is 43.0 Å². The summed E-state index contributed by atoms with van der Waals surface area (Å²) in [4.78, 5) is 12.6. The van der Waals surface area contributed by atoms with Crippen LogP contribution in [-0.2, 0) is 10.0 Å². The second kappa shape index (κ2) is 7.58. The summed E-state index contributed by atoms with van der Waals surface area (Å²) >= 11 is 1.37. The summed E-state index contributed by atoms with van der Waals surface area (Å²) in [6.45, 7) is 2.07. The van der Waals surface area contributed by atoms with Gasteiger partial charge in [0.1, 0.15) is 5.75 Å². The SMILES string of the molecule is CCN(c1ccc2sc(C(=O)NC)cc2c1)S(=O)(=O)c1ccc(OC)cc1. The number of sulfonamides is 1. The van der Waals surface area contributed by atoms with Gasteiger partial charge in [-0.1, -0.05) is 0 Å². The van der Waals surface area contributed by atoms with E-state index in [9.17, 15) is 13.2 Å². The van der Waals surface area contributed by atoms with E-state index in [1.807, 2.05) is 6.07 Å². The van der Waals surface area contributed by atoms with Crippen molar-refractivity contribution < 1.29 is 17.9 Å². The topological polar surface area (TPSA) is 75.7 Å². The Morgan fingerprint density at radius 1 is 1.15 bits per heavy atom. The smallest absolute Gasteiger partial charge is 0.264 e. The minimum absolute atomic E-state index is 0.157. The number of anilines is 1. The van der Waals surface area contributed by atoms with Gasteiger partial charge in [0.25, 0.3) is 15.9 Å². The van der Waals surface area contributed by atoms with Crippen LogP contribution in [0.2, 0.25) is 0 Å². The van der Waals surface area contributed by atoms with Gasteiger partial charge >= 0.3 is 0 Å². The predicted octanol–water partition coefficient (Wildman–Crippen LogP) is 3.48. The van der Waals surface area contributed by atoms with E-state index in [2.05, 4.69) is 5.32 Å². The van der Waals surface area contributed by atoms with E-state index in [4.69, 9.17) is 4.74 Å². The number of carbonyl (C=O) groups is 1. The third-order valence-corrected chi connectivity index (χ3v) is 7.21. The molecule has 142 valence electrons. The lowest BCUT2D eigenvalue weighted by molar-refractivity contribution is 0.0967. The van der Waals surface area contributed by atoms with Crippen LogP contribution >= 0.6 is 11.3 Å². The van der Waals surface area contributed by atoms with Gasteiger partial charge in [-0.15, -0.1) is 11.3 Å². The highest BCUT2D eigenvalue weighted by Crippen LogP contribution is 2.32. The van der Waals surface area contributed by atoms with Crippen LogP contribution in [0.15, 0.2) is 53.4 Å². The van der Waals surface area contributed by atoms with E-state index in [0.717, 1.165) is 10.1 Å². The standard InChI is InChI=1S/C19H20N2O4S2/c1-4-21(27(23,24)16-8-6-15(25-3)7-9-16)14-5-10-17-13(11-14)12-18(26-17)19(22)20-2/h5-12H,4H2,1-3H3,(H,20,22). The van der Waals surface area contributed by atoms with Gasteiger partial charge in [0.2, 0.25) is 0 Å². The first kappa shape index (κ1) is 19.2. The number of amides is 1. The minimum Gasteiger partial charge on any atom is -0.497 e. The third-order valence-electron chi connectivity index (χ3n) is 4.17. The molecule has 27 heavy (non-hydrogen) atoms. The quantitative estimate of drug-likeness (QED) is 0.682. The van der Waals surface area contributed by atoms with Crippen molar-refractivity contribution in [2.75, 3.05) is 25.0 Å². The molecule has 1 amide bonds. The highest BCUT2D eigenvalue weighted by atomic mass is 32.2. The molecule has 0 saturated heterocycles. The first-order valence-electron chi connectivity index (χ1n) is 8.33. The molecule has 2 aromatic carbocycles. The Morgan fingerprint density at radius 2 is 1.85 bits per heavy atom. The molecule has 0 fully saturated rings. The van der Waals surface area contributed by atoms with Crippen LogP contribution in [0.3, 0.4) is 0 Å².